The molecule has 3 heteroatoms. The molecule has 1 fully saturated rings. The highest BCUT2D eigenvalue weighted by molar-refractivity contribution is 5.13. The number of hydrogen-bond donors (Lipinski definition) is 3. The number of rotatable bonds is 8. The van der Waals surface area contributed by atoms with Gasteiger partial charge in [0.15, 0.2) is 0 Å². The van der Waals surface area contributed by atoms with E-state index in [4.69, 9.17) is 5.11 Å². The van der Waals surface area contributed by atoms with Crippen LogP contribution in [-0.2, 0) is 0 Å². The van der Waals surface area contributed by atoms with Crippen LogP contribution in [0.5, 0.6) is 0 Å². The minimum absolute atomic E-state index is 0.107. The van der Waals surface area contributed by atoms with Gasteiger partial charge in [0.25, 0.3) is 0 Å². The maximum Gasteiger partial charge on any atom is 0.0761 e. The summed E-state index contributed by atoms with van der Waals surface area (Å²) >= 11 is 0. The Morgan fingerprint density at radius 3 is 2.65 bits per heavy atom. The zero-order chi connectivity index (χ0) is 17.5. The fraction of sp³-hybridized carbons (Fsp3) is 0.700. The highest BCUT2D eigenvalue weighted by Gasteiger charge is 2.33. The van der Waals surface area contributed by atoms with E-state index in [0.29, 0.717) is 23.3 Å². The summed E-state index contributed by atoms with van der Waals surface area (Å²) in [6, 6.07) is 0. The first kappa shape index (κ1) is 20.1. The Kier molecular flexibility index (Phi) is 8.24. The molecule has 1 aliphatic rings. The Hall–Kier alpha value is -0.900. The molecule has 0 spiro atoms. The van der Waals surface area contributed by atoms with Crippen LogP contribution in [-0.4, -0.2) is 34.6 Å². The minimum atomic E-state index is -0.609. The molecule has 23 heavy (non-hydrogen) atoms. The van der Waals surface area contributed by atoms with Crippen LogP contribution in [0.1, 0.15) is 59.3 Å². The van der Waals surface area contributed by atoms with E-state index in [1.165, 1.54) is 24.0 Å². The largest absolute Gasteiger partial charge is 0.392 e. The van der Waals surface area contributed by atoms with Crippen LogP contribution < -0.4 is 0 Å². The Balaban J connectivity index is 2.56. The van der Waals surface area contributed by atoms with Crippen LogP contribution in [0.2, 0.25) is 0 Å². The molecule has 1 rings (SSSR count). The lowest BCUT2D eigenvalue weighted by atomic mass is 9.65. The van der Waals surface area contributed by atoms with Gasteiger partial charge < -0.3 is 15.3 Å². The highest BCUT2D eigenvalue weighted by atomic mass is 16.3. The van der Waals surface area contributed by atoms with Gasteiger partial charge in [-0.3, -0.25) is 0 Å². The van der Waals surface area contributed by atoms with Gasteiger partial charge in [-0.25, -0.2) is 0 Å². The second-order valence-electron chi connectivity index (χ2n) is 7.58. The van der Waals surface area contributed by atoms with E-state index in [1.54, 1.807) is 6.08 Å². The third kappa shape index (κ3) is 6.62. The van der Waals surface area contributed by atoms with Gasteiger partial charge in [-0.2, -0.15) is 0 Å². The number of allylic oxidation sites excluding steroid dienone is 2. The molecule has 3 nitrogen and oxygen atoms in total. The lowest BCUT2D eigenvalue weighted by Crippen LogP contribution is -2.29. The first-order valence-electron chi connectivity index (χ1n) is 8.72. The molecule has 0 heterocycles. The maximum absolute atomic E-state index is 10.1. The molecule has 0 unspecified atom stereocenters. The molecule has 0 aromatic heterocycles. The van der Waals surface area contributed by atoms with Crippen molar-refractivity contribution in [1.82, 2.24) is 0 Å². The van der Waals surface area contributed by atoms with Gasteiger partial charge >= 0.3 is 0 Å². The van der Waals surface area contributed by atoms with Crippen LogP contribution in [0.15, 0.2) is 35.5 Å². The zero-order valence-corrected chi connectivity index (χ0v) is 15.0. The van der Waals surface area contributed by atoms with Crippen LogP contribution in [0.3, 0.4) is 0 Å². The quantitative estimate of drug-likeness (QED) is 0.596. The molecule has 0 aromatic rings. The van der Waals surface area contributed by atoms with Crippen molar-refractivity contribution >= 4 is 0 Å². The number of aliphatic hydroxyl groups is 3. The average Bonchev–Trinajstić information content (AvgIpc) is 2.45. The Bertz CT molecular complexity index is 446. The first-order valence-corrected chi connectivity index (χ1v) is 8.72. The van der Waals surface area contributed by atoms with Crippen molar-refractivity contribution in [3.8, 4) is 0 Å². The minimum Gasteiger partial charge on any atom is -0.392 e. The number of hydrogen-bond acceptors (Lipinski definition) is 3. The summed E-state index contributed by atoms with van der Waals surface area (Å²) in [5, 5.41) is 28.2. The monoisotopic (exact) mass is 322 g/mol. The fourth-order valence-corrected chi connectivity index (χ4v) is 3.72. The van der Waals surface area contributed by atoms with E-state index in [0.717, 1.165) is 19.3 Å². The van der Waals surface area contributed by atoms with Gasteiger partial charge in [0.05, 0.1) is 19.3 Å². The molecule has 0 amide bonds. The molecule has 1 saturated carbocycles. The van der Waals surface area contributed by atoms with Crippen molar-refractivity contribution < 1.29 is 15.3 Å². The molecular formula is C20H34O3. The average molecular weight is 322 g/mol. The molecule has 0 saturated heterocycles. The van der Waals surface area contributed by atoms with E-state index < -0.39 is 6.10 Å². The second kappa shape index (κ2) is 9.41. The van der Waals surface area contributed by atoms with E-state index in [9.17, 15) is 10.2 Å². The molecular weight excluding hydrogens is 288 g/mol. The second-order valence-corrected chi connectivity index (χ2v) is 7.58. The first-order chi connectivity index (χ1) is 10.8. The van der Waals surface area contributed by atoms with Gasteiger partial charge in [-0.15, -0.1) is 0 Å². The highest BCUT2D eigenvalue weighted by Crippen LogP contribution is 2.45. The zero-order valence-electron chi connectivity index (χ0n) is 15.0. The normalized spacial score (nSPS) is 23.9. The van der Waals surface area contributed by atoms with Crippen molar-refractivity contribution in [2.45, 2.75) is 65.4 Å². The Labute approximate surface area is 141 Å². The van der Waals surface area contributed by atoms with Gasteiger partial charge in [-0.05, 0) is 55.9 Å². The SMILES string of the molecule is C=C1CCCC(C)(C)[C@H]1CC/C(C)=C/[C@H](O)C/C(=C/CO)CO. The van der Waals surface area contributed by atoms with Crippen LogP contribution >= 0.6 is 0 Å². The van der Waals surface area contributed by atoms with Crippen molar-refractivity contribution in [3.63, 3.8) is 0 Å². The summed E-state index contributed by atoms with van der Waals surface area (Å²) in [7, 11) is 0. The molecule has 2 atom stereocenters. The van der Waals surface area contributed by atoms with Crippen molar-refractivity contribution in [1.29, 1.82) is 0 Å². The predicted octanol–water partition coefficient (Wildman–Crippen LogP) is 3.76. The summed E-state index contributed by atoms with van der Waals surface area (Å²) in [6.07, 6.45) is 8.89. The predicted molar refractivity (Wildman–Crippen MR) is 96.1 cm³/mol. The summed E-state index contributed by atoms with van der Waals surface area (Å²) in [5.74, 6) is 0.555. The van der Waals surface area contributed by atoms with Crippen LogP contribution in [0.4, 0.5) is 0 Å². The lowest BCUT2D eigenvalue weighted by molar-refractivity contribution is 0.180. The topological polar surface area (TPSA) is 60.7 Å². The van der Waals surface area contributed by atoms with E-state index in [1.807, 2.05) is 6.08 Å². The van der Waals surface area contributed by atoms with E-state index in [2.05, 4.69) is 27.4 Å². The fourth-order valence-electron chi connectivity index (χ4n) is 3.72. The van der Waals surface area contributed by atoms with E-state index in [-0.39, 0.29) is 13.2 Å². The van der Waals surface area contributed by atoms with Crippen LogP contribution in [0.25, 0.3) is 0 Å². The third-order valence-electron chi connectivity index (χ3n) is 5.11. The number of aliphatic hydroxyl groups excluding tert-OH is 3. The molecule has 0 bridgehead atoms. The molecule has 132 valence electrons. The molecule has 0 aliphatic heterocycles. The Morgan fingerprint density at radius 2 is 2.09 bits per heavy atom. The van der Waals surface area contributed by atoms with Crippen LogP contribution in [0, 0.1) is 11.3 Å². The molecule has 0 radical (unpaired) electrons. The Morgan fingerprint density at radius 1 is 1.39 bits per heavy atom. The smallest absolute Gasteiger partial charge is 0.0761 e. The standard InChI is InChI=1S/C20H34O3/c1-15(12-18(23)13-17(14-22)9-11-21)7-8-19-16(2)6-5-10-20(19,3)4/h9,12,18-19,21-23H,2,5-8,10-11,13-14H2,1,3-4H3/b15-12+,17-9-/t18-,19-/m0/s1. The summed E-state index contributed by atoms with van der Waals surface area (Å²) in [6.45, 7) is 10.8. The molecule has 3 N–H and O–H groups in total. The maximum atomic E-state index is 10.1. The van der Waals surface area contributed by atoms with E-state index >= 15 is 0 Å². The van der Waals surface area contributed by atoms with Gasteiger partial charge in [0.2, 0.25) is 0 Å². The van der Waals surface area contributed by atoms with Gasteiger partial charge in [0.1, 0.15) is 0 Å². The summed E-state index contributed by atoms with van der Waals surface area (Å²) in [5.41, 5.74) is 3.55. The summed E-state index contributed by atoms with van der Waals surface area (Å²) < 4.78 is 0. The van der Waals surface area contributed by atoms with Gasteiger partial charge in [0, 0.05) is 6.42 Å². The van der Waals surface area contributed by atoms with Gasteiger partial charge in [-0.1, -0.05) is 43.7 Å². The van der Waals surface area contributed by atoms with Crippen molar-refractivity contribution in [2.75, 3.05) is 13.2 Å². The molecule has 0 aromatic carbocycles. The summed E-state index contributed by atoms with van der Waals surface area (Å²) in [4.78, 5) is 0. The van der Waals surface area contributed by atoms with Crippen molar-refractivity contribution in [3.05, 3.63) is 35.5 Å². The molecule has 1 aliphatic carbocycles. The van der Waals surface area contributed by atoms with Crippen molar-refractivity contribution in [2.24, 2.45) is 11.3 Å². The lowest BCUT2D eigenvalue weighted by Gasteiger charge is -2.40. The third-order valence-corrected chi connectivity index (χ3v) is 5.11.